The van der Waals surface area contributed by atoms with E-state index in [1.54, 1.807) is 13.8 Å². The topological polar surface area (TPSA) is 105 Å². The number of ether oxygens (including phenoxy) is 2. The van der Waals surface area contributed by atoms with Crippen LogP contribution in [0.3, 0.4) is 0 Å². The molecule has 0 saturated carbocycles. The molecule has 0 aliphatic rings. The van der Waals surface area contributed by atoms with Gasteiger partial charge < -0.3 is 20.9 Å². The highest BCUT2D eigenvalue weighted by Crippen LogP contribution is 1.95. The molecule has 4 N–H and O–H groups in total. The van der Waals surface area contributed by atoms with Crippen LogP contribution in [0.2, 0.25) is 0 Å². The van der Waals surface area contributed by atoms with E-state index in [9.17, 15) is 9.59 Å². The predicted molar refractivity (Wildman–Crippen MR) is 67.0 cm³/mol. The largest absolute Gasteiger partial charge is 0.462 e. The van der Waals surface area contributed by atoms with Crippen molar-refractivity contribution in [1.82, 2.24) is 0 Å². The molecule has 0 unspecified atom stereocenters. The van der Waals surface area contributed by atoms with Crippen molar-refractivity contribution < 1.29 is 19.1 Å². The Bertz CT molecular complexity index is 306. The first-order valence-electron chi connectivity index (χ1n) is 5.63. The highest BCUT2D eigenvalue weighted by atomic mass is 16.5. The van der Waals surface area contributed by atoms with Crippen LogP contribution in [0.1, 0.15) is 26.7 Å². The maximum atomic E-state index is 11.0. The van der Waals surface area contributed by atoms with Crippen molar-refractivity contribution in [2.45, 2.75) is 26.7 Å². The molecular weight excluding hydrogens is 236 g/mol. The van der Waals surface area contributed by atoms with E-state index in [-0.39, 0.29) is 13.2 Å². The van der Waals surface area contributed by atoms with Crippen LogP contribution in [-0.2, 0) is 19.1 Å². The zero-order valence-electron chi connectivity index (χ0n) is 10.8. The Hall–Kier alpha value is -1.98. The third kappa shape index (κ3) is 10.5. The number of carbonyl (C=O) groups is 2. The monoisotopic (exact) mass is 256 g/mol. The average Bonchev–Trinajstić information content (AvgIpc) is 2.20. The third-order valence-corrected chi connectivity index (χ3v) is 1.72. The van der Waals surface area contributed by atoms with Gasteiger partial charge in [-0.1, -0.05) is 0 Å². The summed E-state index contributed by atoms with van der Waals surface area (Å²) in [4.78, 5) is 22.1. The molecule has 0 aromatic heterocycles. The van der Waals surface area contributed by atoms with E-state index < -0.39 is 11.9 Å². The van der Waals surface area contributed by atoms with Crippen molar-refractivity contribution in [2.75, 3.05) is 13.2 Å². The van der Waals surface area contributed by atoms with Gasteiger partial charge in [-0.15, -0.1) is 0 Å². The summed E-state index contributed by atoms with van der Waals surface area (Å²) in [6, 6.07) is 0. The molecule has 0 aliphatic carbocycles. The lowest BCUT2D eigenvalue weighted by Gasteiger charge is -2.03. The van der Waals surface area contributed by atoms with Crippen molar-refractivity contribution in [2.24, 2.45) is 11.5 Å². The lowest BCUT2D eigenvalue weighted by atomic mass is 10.3. The summed E-state index contributed by atoms with van der Waals surface area (Å²) in [5.41, 5.74) is 11.4. The molecule has 0 bridgehead atoms. The quantitative estimate of drug-likeness (QED) is 0.392. The summed E-state index contributed by atoms with van der Waals surface area (Å²) in [6.07, 6.45) is 3.66. The van der Waals surface area contributed by atoms with Crippen LogP contribution >= 0.6 is 0 Å². The van der Waals surface area contributed by atoms with E-state index >= 15 is 0 Å². The van der Waals surface area contributed by atoms with Crippen LogP contribution in [0.5, 0.6) is 0 Å². The average molecular weight is 256 g/mol. The number of esters is 2. The Kier molecular flexibility index (Phi) is 8.09. The standard InChI is InChI=1S/C12H20N2O4/c1-9(13)7-11(15)17-5-3-4-6-18-12(16)8-10(2)14/h7-8H,3-6,13-14H2,1-2H3/b9-7+,10-8+. The second-order valence-electron chi connectivity index (χ2n) is 3.82. The van der Waals surface area contributed by atoms with Crippen LogP contribution in [0, 0.1) is 0 Å². The van der Waals surface area contributed by atoms with E-state index in [4.69, 9.17) is 20.9 Å². The summed E-state index contributed by atoms with van der Waals surface area (Å²) in [6.45, 7) is 3.75. The van der Waals surface area contributed by atoms with Crippen LogP contribution < -0.4 is 11.5 Å². The van der Waals surface area contributed by atoms with Crippen molar-refractivity contribution in [3.05, 3.63) is 23.5 Å². The van der Waals surface area contributed by atoms with Crippen molar-refractivity contribution in [3.8, 4) is 0 Å². The molecule has 0 aromatic carbocycles. The predicted octanol–water partition coefficient (Wildman–Crippen LogP) is 0.578. The maximum absolute atomic E-state index is 11.0. The zero-order chi connectivity index (χ0) is 14.0. The highest BCUT2D eigenvalue weighted by molar-refractivity contribution is 5.82. The molecule has 0 heterocycles. The number of carbonyl (C=O) groups excluding carboxylic acids is 2. The van der Waals surface area contributed by atoms with Gasteiger partial charge in [-0.3, -0.25) is 0 Å². The second-order valence-corrected chi connectivity index (χ2v) is 3.82. The van der Waals surface area contributed by atoms with Gasteiger partial charge in [0.05, 0.1) is 13.2 Å². The molecule has 0 spiro atoms. The Morgan fingerprint density at radius 3 is 1.50 bits per heavy atom. The van der Waals surface area contributed by atoms with Crippen molar-refractivity contribution >= 4 is 11.9 Å². The molecule has 102 valence electrons. The van der Waals surface area contributed by atoms with Gasteiger partial charge in [0.2, 0.25) is 0 Å². The fourth-order valence-electron chi connectivity index (χ4n) is 1.00. The van der Waals surface area contributed by atoms with E-state index in [1.807, 2.05) is 0 Å². The van der Waals surface area contributed by atoms with Gasteiger partial charge in [0.15, 0.2) is 0 Å². The molecule has 6 nitrogen and oxygen atoms in total. The first-order valence-corrected chi connectivity index (χ1v) is 5.63. The molecule has 0 fully saturated rings. The van der Waals surface area contributed by atoms with Gasteiger partial charge in [-0.2, -0.15) is 0 Å². The van der Waals surface area contributed by atoms with E-state index in [1.165, 1.54) is 12.2 Å². The SMILES string of the molecule is C/C(N)=C\C(=O)OCCCCOC(=O)/C=C(\C)N. The number of allylic oxidation sites excluding steroid dienone is 2. The molecule has 0 rings (SSSR count). The summed E-state index contributed by atoms with van der Waals surface area (Å²) < 4.78 is 9.71. The smallest absolute Gasteiger partial charge is 0.332 e. The number of hydrogen-bond donors (Lipinski definition) is 2. The highest BCUT2D eigenvalue weighted by Gasteiger charge is 2.00. The minimum Gasteiger partial charge on any atom is -0.462 e. The normalized spacial score (nSPS) is 12.1. The fraction of sp³-hybridized carbons (Fsp3) is 0.500. The van der Waals surface area contributed by atoms with Gasteiger partial charge in [-0.05, 0) is 26.7 Å². The molecule has 0 saturated heterocycles. The number of nitrogens with two attached hydrogens (primary N) is 2. The van der Waals surface area contributed by atoms with Crippen LogP contribution in [0.4, 0.5) is 0 Å². The van der Waals surface area contributed by atoms with Crippen molar-refractivity contribution in [1.29, 1.82) is 0 Å². The lowest BCUT2D eigenvalue weighted by Crippen LogP contribution is -2.08. The Balaban J connectivity index is 3.53. The third-order valence-electron chi connectivity index (χ3n) is 1.72. The molecule has 0 atom stereocenters. The Labute approximate surface area is 107 Å². The second kappa shape index (κ2) is 9.09. The van der Waals surface area contributed by atoms with Crippen LogP contribution in [-0.4, -0.2) is 25.2 Å². The molecule has 6 heteroatoms. The lowest BCUT2D eigenvalue weighted by molar-refractivity contribution is -0.140. The Morgan fingerprint density at radius 2 is 1.22 bits per heavy atom. The minimum atomic E-state index is -0.464. The van der Waals surface area contributed by atoms with Crippen molar-refractivity contribution in [3.63, 3.8) is 0 Å². The van der Waals surface area contributed by atoms with Gasteiger partial charge in [-0.25, -0.2) is 9.59 Å². The summed E-state index contributed by atoms with van der Waals surface area (Å²) >= 11 is 0. The van der Waals surface area contributed by atoms with E-state index in [0.717, 1.165) is 0 Å². The number of hydrogen-bond acceptors (Lipinski definition) is 6. The summed E-state index contributed by atoms with van der Waals surface area (Å²) in [5.74, 6) is -0.928. The van der Waals surface area contributed by atoms with E-state index in [2.05, 4.69) is 0 Å². The van der Waals surface area contributed by atoms with Gasteiger partial charge in [0, 0.05) is 23.5 Å². The Morgan fingerprint density at radius 1 is 0.889 bits per heavy atom. The number of rotatable bonds is 7. The first kappa shape index (κ1) is 16.0. The van der Waals surface area contributed by atoms with Crippen LogP contribution in [0.15, 0.2) is 23.5 Å². The first-order chi connectivity index (χ1) is 8.41. The molecular formula is C12H20N2O4. The van der Waals surface area contributed by atoms with Gasteiger partial charge >= 0.3 is 11.9 Å². The molecule has 0 radical (unpaired) electrons. The summed E-state index contributed by atoms with van der Waals surface area (Å²) in [7, 11) is 0. The molecule has 0 aliphatic heterocycles. The molecule has 0 amide bonds. The maximum Gasteiger partial charge on any atom is 0.332 e. The fourth-order valence-corrected chi connectivity index (χ4v) is 1.00. The number of unbranched alkanes of at least 4 members (excludes halogenated alkanes) is 1. The minimum absolute atomic E-state index is 0.270. The van der Waals surface area contributed by atoms with E-state index in [0.29, 0.717) is 24.2 Å². The molecule has 18 heavy (non-hydrogen) atoms. The van der Waals surface area contributed by atoms with Gasteiger partial charge in [0.25, 0.3) is 0 Å². The van der Waals surface area contributed by atoms with Crippen LogP contribution in [0.25, 0.3) is 0 Å². The summed E-state index contributed by atoms with van der Waals surface area (Å²) in [5, 5.41) is 0. The molecule has 0 aromatic rings. The zero-order valence-corrected chi connectivity index (χ0v) is 10.8. The van der Waals surface area contributed by atoms with Gasteiger partial charge in [0.1, 0.15) is 0 Å².